The smallest absolute Gasteiger partial charge is 0.185 e. The highest BCUT2D eigenvalue weighted by Crippen LogP contribution is 2.34. The van der Waals surface area contributed by atoms with E-state index in [2.05, 4.69) is 13.8 Å². The van der Waals surface area contributed by atoms with Crippen molar-refractivity contribution in [2.75, 3.05) is 6.61 Å². The maximum Gasteiger partial charge on any atom is 0.185 e. The summed E-state index contributed by atoms with van der Waals surface area (Å²) in [5.41, 5.74) is -2.47. The molecular weight excluding hydrogens is 579 g/mol. The van der Waals surface area contributed by atoms with E-state index in [4.69, 9.17) is 0 Å². The summed E-state index contributed by atoms with van der Waals surface area (Å²) in [6.45, 7) is 3.55. The molecule has 268 valence electrons. The second-order valence-electron chi connectivity index (χ2n) is 14.0. The highest BCUT2D eigenvalue weighted by molar-refractivity contribution is 7.21. The van der Waals surface area contributed by atoms with Gasteiger partial charge in [0, 0.05) is 12.8 Å². The van der Waals surface area contributed by atoms with Crippen LogP contribution in [0.2, 0.25) is 0 Å². The van der Waals surface area contributed by atoms with Crippen LogP contribution >= 0.6 is 9.24 Å². The van der Waals surface area contributed by atoms with E-state index < -0.39 is 29.1 Å². The summed E-state index contributed by atoms with van der Waals surface area (Å²) >= 11 is 0. The third kappa shape index (κ3) is 22.8. The molecule has 0 fully saturated rings. The molecule has 0 aromatic carbocycles. The van der Waals surface area contributed by atoms with Crippen molar-refractivity contribution >= 4 is 20.8 Å². The van der Waals surface area contributed by atoms with Gasteiger partial charge in [-0.2, -0.15) is 0 Å². The summed E-state index contributed by atoms with van der Waals surface area (Å²) in [6, 6.07) is 0. The minimum atomic E-state index is -2.47. The first-order chi connectivity index (χ1) is 21.8. The third-order valence-corrected chi connectivity index (χ3v) is 10.6. The predicted molar refractivity (Wildman–Crippen MR) is 196 cm³/mol. The Morgan fingerprint density at radius 1 is 0.422 bits per heavy atom. The van der Waals surface area contributed by atoms with Gasteiger partial charge in [-0.3, -0.25) is 9.59 Å². The van der Waals surface area contributed by atoms with Crippen molar-refractivity contribution in [1.29, 1.82) is 0 Å². The molecule has 0 aliphatic carbocycles. The molecule has 5 nitrogen and oxygen atoms in total. The van der Waals surface area contributed by atoms with Crippen LogP contribution in [-0.4, -0.2) is 44.4 Å². The Labute approximate surface area is 282 Å². The predicted octanol–water partition coefficient (Wildman–Crippen LogP) is 10.9. The van der Waals surface area contributed by atoms with E-state index in [0.717, 1.165) is 38.5 Å². The van der Waals surface area contributed by atoms with Gasteiger partial charge < -0.3 is 15.3 Å². The normalized spacial score (nSPS) is 14.4. The fourth-order valence-corrected chi connectivity index (χ4v) is 6.76. The summed E-state index contributed by atoms with van der Waals surface area (Å²) in [4.78, 5) is 25.7. The molecule has 3 unspecified atom stereocenters. The maximum absolute atomic E-state index is 12.9. The Kier molecular flexibility index (Phi) is 30.7. The van der Waals surface area contributed by atoms with Crippen molar-refractivity contribution in [3.63, 3.8) is 0 Å². The van der Waals surface area contributed by atoms with Crippen molar-refractivity contribution in [1.82, 2.24) is 0 Å². The molecule has 3 N–H and O–H groups in total. The van der Waals surface area contributed by atoms with Crippen LogP contribution < -0.4 is 0 Å². The van der Waals surface area contributed by atoms with Gasteiger partial charge in [-0.1, -0.05) is 203 Å². The Morgan fingerprint density at radius 3 is 0.889 bits per heavy atom. The maximum atomic E-state index is 12.9. The van der Waals surface area contributed by atoms with Gasteiger partial charge in [0.25, 0.3) is 0 Å². The Morgan fingerprint density at radius 2 is 0.644 bits per heavy atom. The number of hydrogen-bond acceptors (Lipinski definition) is 5. The number of hydrogen-bond donors (Lipinski definition) is 3. The minimum absolute atomic E-state index is 0.0538. The van der Waals surface area contributed by atoms with E-state index in [9.17, 15) is 24.9 Å². The molecule has 0 spiro atoms. The molecule has 45 heavy (non-hydrogen) atoms. The van der Waals surface area contributed by atoms with Crippen LogP contribution in [0.25, 0.3) is 0 Å². The Balaban J connectivity index is 3.94. The van der Waals surface area contributed by atoms with E-state index in [1.54, 1.807) is 0 Å². The van der Waals surface area contributed by atoms with Gasteiger partial charge in [0.15, 0.2) is 22.5 Å². The second kappa shape index (κ2) is 31.0. The number of unbranched alkanes of at least 4 members (excludes halogenated alkanes) is 28. The fraction of sp³-hybridized carbons (Fsp3) is 0.949. The fourth-order valence-electron chi connectivity index (χ4n) is 6.36. The van der Waals surface area contributed by atoms with Gasteiger partial charge in [-0.05, 0) is 12.8 Å². The summed E-state index contributed by atoms with van der Waals surface area (Å²) in [7, 11) is 1.97. The molecule has 0 aromatic heterocycles. The average Bonchev–Trinajstić information content (AvgIpc) is 3.03. The zero-order valence-corrected chi connectivity index (χ0v) is 31.2. The van der Waals surface area contributed by atoms with Gasteiger partial charge in [0.1, 0.15) is 0 Å². The van der Waals surface area contributed by atoms with Gasteiger partial charge in [0.05, 0.1) is 6.61 Å². The van der Waals surface area contributed by atoms with Gasteiger partial charge in [-0.15, -0.1) is 0 Å². The second-order valence-corrected chi connectivity index (χ2v) is 14.9. The first-order valence-corrected chi connectivity index (χ1v) is 20.3. The quantitative estimate of drug-likeness (QED) is 0.0461. The summed E-state index contributed by atoms with van der Waals surface area (Å²) in [5, 5.41) is 29.3. The van der Waals surface area contributed by atoms with Crippen LogP contribution in [0.1, 0.15) is 219 Å². The van der Waals surface area contributed by atoms with E-state index in [1.165, 1.54) is 141 Å². The van der Waals surface area contributed by atoms with Crippen molar-refractivity contribution in [2.45, 2.75) is 230 Å². The average molecular weight is 657 g/mol. The van der Waals surface area contributed by atoms with Crippen LogP contribution in [0.5, 0.6) is 0 Å². The monoisotopic (exact) mass is 657 g/mol. The number of aliphatic hydroxyl groups is 3. The molecule has 0 amide bonds. The van der Waals surface area contributed by atoms with Crippen LogP contribution in [0.15, 0.2) is 0 Å². The molecule has 0 aliphatic heterocycles. The summed E-state index contributed by atoms with van der Waals surface area (Å²) in [6.07, 6.45) is 36.8. The highest BCUT2D eigenvalue weighted by Gasteiger charge is 2.55. The lowest BCUT2D eigenvalue weighted by atomic mass is 9.85. The van der Waals surface area contributed by atoms with Gasteiger partial charge in [0.2, 0.25) is 0 Å². The molecule has 0 radical (unpaired) electrons. The minimum Gasteiger partial charge on any atom is -0.393 e. The van der Waals surface area contributed by atoms with Gasteiger partial charge in [-0.25, -0.2) is 0 Å². The lowest BCUT2D eigenvalue weighted by molar-refractivity contribution is -0.172. The standard InChI is InChI=1S/C39H77O5P/c1-3-5-7-9-11-13-15-17-19-21-23-25-27-29-31-33-36(41)38(43,35-40)39(44,45)37(42)34-32-30-28-26-24-22-20-18-16-14-12-10-8-6-4-2/h40,43-44H,3-35,45H2,1-2H3. The number of carbonyl (C=O) groups is 2. The van der Waals surface area contributed by atoms with E-state index in [0.29, 0.717) is 12.8 Å². The third-order valence-electron chi connectivity index (χ3n) is 9.76. The SMILES string of the molecule is CCCCCCCCCCCCCCCCCC(=O)C(O)(P)C(O)(CO)C(=O)CCCCCCCCCCCCCCCCC. The van der Waals surface area contributed by atoms with Crippen LogP contribution in [-0.2, 0) is 9.59 Å². The molecule has 6 heteroatoms. The topological polar surface area (TPSA) is 94.8 Å². The number of rotatable bonds is 36. The Bertz CT molecular complexity index is 682. The molecule has 0 saturated heterocycles. The number of aliphatic hydroxyl groups excluding tert-OH is 1. The lowest BCUT2D eigenvalue weighted by Crippen LogP contribution is -2.62. The van der Waals surface area contributed by atoms with Crippen LogP contribution in [0, 0.1) is 0 Å². The molecule has 0 heterocycles. The molecule has 0 saturated carbocycles. The van der Waals surface area contributed by atoms with Gasteiger partial charge >= 0.3 is 0 Å². The molecular formula is C39H77O5P. The van der Waals surface area contributed by atoms with Crippen LogP contribution in [0.4, 0.5) is 0 Å². The molecule has 0 aromatic rings. The van der Waals surface area contributed by atoms with E-state index in [-0.39, 0.29) is 12.8 Å². The molecule has 0 aliphatic rings. The van der Waals surface area contributed by atoms with Crippen molar-refractivity contribution < 1.29 is 24.9 Å². The van der Waals surface area contributed by atoms with Crippen LogP contribution in [0.3, 0.4) is 0 Å². The zero-order valence-electron chi connectivity index (χ0n) is 30.1. The summed E-state index contributed by atoms with van der Waals surface area (Å²) in [5.74, 6) is -1.24. The Hall–Kier alpha value is -0.350. The highest BCUT2D eigenvalue weighted by atomic mass is 31.0. The number of ketones is 2. The van der Waals surface area contributed by atoms with Crippen molar-refractivity contribution in [2.24, 2.45) is 0 Å². The van der Waals surface area contributed by atoms with E-state index >= 15 is 0 Å². The largest absolute Gasteiger partial charge is 0.393 e. The number of carbonyl (C=O) groups excluding carboxylic acids is 2. The molecule has 3 atom stereocenters. The molecule has 0 rings (SSSR count). The van der Waals surface area contributed by atoms with Crippen molar-refractivity contribution in [3.8, 4) is 0 Å². The lowest BCUT2D eigenvalue weighted by Gasteiger charge is -2.37. The van der Waals surface area contributed by atoms with E-state index in [1.807, 2.05) is 9.24 Å². The molecule has 0 bridgehead atoms. The van der Waals surface area contributed by atoms with Crippen molar-refractivity contribution in [3.05, 3.63) is 0 Å². The summed E-state index contributed by atoms with van der Waals surface area (Å²) < 4.78 is 0. The number of Topliss-reactive ketones (excluding diaryl/α,β-unsaturated/α-hetero) is 2. The first-order valence-electron chi connectivity index (χ1n) is 19.7. The first kappa shape index (κ1) is 44.6. The zero-order chi connectivity index (χ0) is 33.5.